The molecule has 5 nitrogen and oxygen atoms in total. The van der Waals surface area contributed by atoms with Gasteiger partial charge in [0.15, 0.2) is 0 Å². The van der Waals surface area contributed by atoms with Gasteiger partial charge in [-0.15, -0.1) is 0 Å². The fourth-order valence-electron chi connectivity index (χ4n) is 3.09. The minimum Gasteiger partial charge on any atom is -0.480 e. The van der Waals surface area contributed by atoms with Crippen molar-refractivity contribution < 1.29 is 19.4 Å². The lowest BCUT2D eigenvalue weighted by Gasteiger charge is -2.32. The van der Waals surface area contributed by atoms with Crippen LogP contribution in [0.15, 0.2) is 0 Å². The molecule has 1 N–H and O–H groups in total. The number of carboxylic acid groups (broad SMARTS) is 1. The molecule has 0 bridgehead atoms. The van der Waals surface area contributed by atoms with Crippen molar-refractivity contribution in [3.8, 4) is 0 Å². The first-order valence-corrected chi connectivity index (χ1v) is 8.25. The second kappa shape index (κ2) is 7.25. The van der Waals surface area contributed by atoms with Crippen LogP contribution >= 0.6 is 0 Å². The molecule has 0 radical (unpaired) electrons. The van der Waals surface area contributed by atoms with Gasteiger partial charge in [-0.05, 0) is 39.0 Å². The molecule has 2 fully saturated rings. The number of rotatable bonds is 7. The van der Waals surface area contributed by atoms with Crippen molar-refractivity contribution in [3.05, 3.63) is 0 Å². The Bertz CT molecular complexity index is 374. The van der Waals surface area contributed by atoms with Gasteiger partial charge in [-0.3, -0.25) is 4.79 Å². The predicted molar refractivity (Wildman–Crippen MR) is 79.0 cm³/mol. The van der Waals surface area contributed by atoms with Crippen molar-refractivity contribution in [1.82, 2.24) is 4.90 Å². The summed E-state index contributed by atoms with van der Waals surface area (Å²) in [5.74, 6) is -1.08. The number of hydrogen-bond acceptors (Lipinski definition) is 3. The van der Waals surface area contributed by atoms with Crippen LogP contribution in [0, 0.1) is 0 Å². The molecule has 2 rings (SSSR count). The molecule has 120 valence electrons. The Labute approximate surface area is 126 Å². The first kappa shape index (κ1) is 16.3. The maximum Gasteiger partial charge on any atom is 0.326 e. The number of amides is 1. The molecule has 2 aliphatic carbocycles. The van der Waals surface area contributed by atoms with Gasteiger partial charge in [0.2, 0.25) is 0 Å². The minimum atomic E-state index is -0.942. The van der Waals surface area contributed by atoms with Crippen LogP contribution in [0.1, 0.15) is 65.2 Å². The third-order valence-electron chi connectivity index (χ3n) is 4.52. The Balaban J connectivity index is 2.00. The van der Waals surface area contributed by atoms with Crippen LogP contribution < -0.4 is 0 Å². The Hall–Kier alpha value is -1.10. The Morgan fingerprint density at radius 1 is 1.19 bits per heavy atom. The van der Waals surface area contributed by atoms with Gasteiger partial charge in [-0.2, -0.15) is 0 Å². The summed E-state index contributed by atoms with van der Waals surface area (Å²) in [7, 11) is 0. The quantitative estimate of drug-likeness (QED) is 0.784. The number of carbonyl (C=O) groups excluding carboxylic acids is 1. The molecule has 0 heterocycles. The van der Waals surface area contributed by atoms with Gasteiger partial charge in [0.1, 0.15) is 12.1 Å². The molecule has 0 aliphatic heterocycles. The van der Waals surface area contributed by atoms with Crippen LogP contribution in [0.5, 0.6) is 0 Å². The van der Waals surface area contributed by atoms with Gasteiger partial charge in [-0.25, -0.2) is 4.79 Å². The number of ether oxygens (including phenoxy) is 1. The Kier molecular flexibility index (Phi) is 5.62. The average Bonchev–Trinajstić information content (AvgIpc) is 3.30. The second-order valence-corrected chi connectivity index (χ2v) is 6.28. The van der Waals surface area contributed by atoms with E-state index in [1.807, 2.05) is 6.92 Å². The molecule has 0 saturated heterocycles. The zero-order chi connectivity index (χ0) is 15.4. The van der Waals surface area contributed by atoms with E-state index < -0.39 is 18.1 Å². The first-order chi connectivity index (χ1) is 10.0. The predicted octanol–water partition coefficient (Wildman–Crippen LogP) is 2.58. The number of aliphatic carboxylic acids is 1. The molecule has 5 heteroatoms. The summed E-state index contributed by atoms with van der Waals surface area (Å²) in [6.07, 6.45) is 7.68. The zero-order valence-corrected chi connectivity index (χ0v) is 13.1. The van der Waals surface area contributed by atoms with Gasteiger partial charge in [0, 0.05) is 6.04 Å². The molecule has 2 saturated carbocycles. The molecule has 0 aromatic carbocycles. The maximum absolute atomic E-state index is 12.7. The first-order valence-electron chi connectivity index (χ1n) is 8.25. The van der Waals surface area contributed by atoms with Crippen LogP contribution in [0.25, 0.3) is 0 Å². The highest BCUT2D eigenvalue weighted by Crippen LogP contribution is 2.31. The normalized spacial score (nSPS) is 22.6. The Morgan fingerprint density at radius 2 is 1.81 bits per heavy atom. The van der Waals surface area contributed by atoms with Gasteiger partial charge in [0.05, 0.1) is 6.10 Å². The SMILES string of the molecule is CCC(OC1CCCCC1)C(=O)N(C1CC1)C(C)C(=O)O. The highest BCUT2D eigenvalue weighted by molar-refractivity contribution is 5.86. The molecule has 21 heavy (non-hydrogen) atoms. The highest BCUT2D eigenvalue weighted by atomic mass is 16.5. The molecule has 2 aliphatic rings. The van der Waals surface area contributed by atoms with Crippen LogP contribution in [-0.4, -0.2) is 46.2 Å². The van der Waals surface area contributed by atoms with Gasteiger partial charge in [0.25, 0.3) is 5.91 Å². The summed E-state index contributed by atoms with van der Waals surface area (Å²) in [5.41, 5.74) is 0. The van der Waals surface area contributed by atoms with Crippen molar-refractivity contribution in [3.63, 3.8) is 0 Å². The molecule has 2 atom stereocenters. The molecule has 0 aromatic heterocycles. The average molecular weight is 297 g/mol. The number of nitrogens with zero attached hydrogens (tertiary/aromatic N) is 1. The summed E-state index contributed by atoms with van der Waals surface area (Å²) in [6, 6.07) is -0.679. The number of hydrogen-bond donors (Lipinski definition) is 1. The standard InChI is InChI=1S/C16H27NO4/c1-3-14(21-13-7-5-4-6-8-13)15(18)17(12-9-10-12)11(2)16(19)20/h11-14H,3-10H2,1-2H3,(H,19,20). The fourth-order valence-corrected chi connectivity index (χ4v) is 3.09. The largest absolute Gasteiger partial charge is 0.480 e. The molecular weight excluding hydrogens is 270 g/mol. The monoisotopic (exact) mass is 297 g/mol. The third kappa shape index (κ3) is 4.19. The van der Waals surface area contributed by atoms with Crippen molar-refractivity contribution in [2.24, 2.45) is 0 Å². The molecule has 0 aromatic rings. The van der Waals surface area contributed by atoms with Crippen LogP contribution in [0.4, 0.5) is 0 Å². The number of carboxylic acids is 1. The summed E-state index contributed by atoms with van der Waals surface area (Å²) < 4.78 is 6.01. The highest BCUT2D eigenvalue weighted by Gasteiger charge is 2.41. The molecule has 2 unspecified atom stereocenters. The smallest absolute Gasteiger partial charge is 0.326 e. The fraction of sp³-hybridized carbons (Fsp3) is 0.875. The summed E-state index contributed by atoms with van der Waals surface area (Å²) in [6.45, 7) is 3.52. The topological polar surface area (TPSA) is 66.8 Å². The number of carbonyl (C=O) groups is 2. The maximum atomic E-state index is 12.7. The lowest BCUT2D eigenvalue weighted by Crippen LogP contribution is -2.50. The summed E-state index contributed by atoms with van der Waals surface area (Å²) >= 11 is 0. The lowest BCUT2D eigenvalue weighted by atomic mass is 9.97. The van der Waals surface area contributed by atoms with E-state index in [0.29, 0.717) is 6.42 Å². The van der Waals surface area contributed by atoms with E-state index in [0.717, 1.165) is 38.5 Å². The van der Waals surface area contributed by atoms with Crippen molar-refractivity contribution in [2.45, 2.75) is 89.5 Å². The van der Waals surface area contributed by atoms with E-state index in [-0.39, 0.29) is 18.1 Å². The van der Waals surface area contributed by atoms with Gasteiger partial charge in [-0.1, -0.05) is 26.2 Å². The van der Waals surface area contributed by atoms with Crippen molar-refractivity contribution >= 4 is 11.9 Å². The van der Waals surface area contributed by atoms with Crippen LogP contribution in [0.2, 0.25) is 0 Å². The molecule has 0 spiro atoms. The molecule has 1 amide bonds. The van der Waals surface area contributed by atoms with E-state index in [4.69, 9.17) is 4.74 Å². The van der Waals surface area contributed by atoms with E-state index in [2.05, 4.69) is 0 Å². The van der Waals surface area contributed by atoms with E-state index in [1.165, 1.54) is 6.42 Å². The molecular formula is C16H27NO4. The van der Waals surface area contributed by atoms with Crippen molar-refractivity contribution in [2.75, 3.05) is 0 Å². The lowest BCUT2D eigenvalue weighted by molar-refractivity contribution is -0.159. The van der Waals surface area contributed by atoms with Crippen LogP contribution in [0.3, 0.4) is 0 Å². The van der Waals surface area contributed by atoms with Crippen LogP contribution in [-0.2, 0) is 14.3 Å². The van der Waals surface area contributed by atoms with E-state index in [1.54, 1.807) is 11.8 Å². The minimum absolute atomic E-state index is 0.0904. The second-order valence-electron chi connectivity index (χ2n) is 6.28. The zero-order valence-electron chi connectivity index (χ0n) is 13.1. The van der Waals surface area contributed by atoms with Gasteiger partial charge < -0.3 is 14.7 Å². The van der Waals surface area contributed by atoms with Crippen molar-refractivity contribution in [1.29, 1.82) is 0 Å². The van der Waals surface area contributed by atoms with E-state index >= 15 is 0 Å². The summed E-state index contributed by atoms with van der Waals surface area (Å²) in [5, 5.41) is 9.22. The van der Waals surface area contributed by atoms with E-state index in [9.17, 15) is 14.7 Å². The summed E-state index contributed by atoms with van der Waals surface area (Å²) in [4.78, 5) is 25.5. The van der Waals surface area contributed by atoms with Gasteiger partial charge >= 0.3 is 5.97 Å². The third-order valence-corrected chi connectivity index (χ3v) is 4.52. The Morgan fingerprint density at radius 3 is 2.29 bits per heavy atom.